The highest BCUT2D eigenvalue weighted by atomic mass is 16.5. The molecule has 0 radical (unpaired) electrons. The summed E-state index contributed by atoms with van der Waals surface area (Å²) in [5.41, 5.74) is 0. The molecule has 96 valence electrons. The summed E-state index contributed by atoms with van der Waals surface area (Å²) in [6.07, 6.45) is 18.2. The van der Waals surface area contributed by atoms with E-state index in [1.54, 1.807) is 0 Å². The smallest absolute Gasteiger partial charge is 0.305 e. The summed E-state index contributed by atoms with van der Waals surface area (Å²) in [7, 11) is 0. The van der Waals surface area contributed by atoms with Gasteiger partial charge in [-0.3, -0.25) is 4.79 Å². The van der Waals surface area contributed by atoms with Crippen molar-refractivity contribution in [2.45, 2.75) is 57.8 Å². The van der Waals surface area contributed by atoms with Gasteiger partial charge in [-0.05, 0) is 38.5 Å². The first kappa shape index (κ1) is 14.0. The Morgan fingerprint density at radius 3 is 2.24 bits per heavy atom. The zero-order chi connectivity index (χ0) is 12.2. The minimum absolute atomic E-state index is 0.0367. The van der Waals surface area contributed by atoms with Crippen LogP contribution in [0, 0.1) is 0 Å². The third-order valence-electron chi connectivity index (χ3n) is 2.88. The van der Waals surface area contributed by atoms with Crippen molar-refractivity contribution in [2.24, 2.45) is 0 Å². The Bertz CT molecular complexity index is 254. The fourth-order valence-electron chi connectivity index (χ4n) is 1.86. The largest absolute Gasteiger partial charge is 0.465 e. The first-order chi connectivity index (χ1) is 8.39. The lowest BCUT2D eigenvalue weighted by molar-refractivity contribution is -0.143. The van der Waals surface area contributed by atoms with Gasteiger partial charge in [-0.15, -0.1) is 0 Å². The van der Waals surface area contributed by atoms with E-state index in [2.05, 4.69) is 24.3 Å². The second-order valence-corrected chi connectivity index (χ2v) is 4.48. The molecular weight excluding hydrogens is 212 g/mol. The van der Waals surface area contributed by atoms with Gasteiger partial charge in [-0.1, -0.05) is 37.1 Å². The maximum Gasteiger partial charge on any atom is 0.305 e. The molecule has 0 spiro atoms. The van der Waals surface area contributed by atoms with Gasteiger partial charge in [-0.25, -0.2) is 0 Å². The van der Waals surface area contributed by atoms with E-state index in [9.17, 15) is 4.79 Å². The molecule has 0 unspecified atom stereocenters. The van der Waals surface area contributed by atoms with Crippen LogP contribution in [0.15, 0.2) is 24.3 Å². The highest BCUT2D eigenvalue weighted by Crippen LogP contribution is 2.08. The summed E-state index contributed by atoms with van der Waals surface area (Å²) in [5.74, 6) is -0.0367. The Morgan fingerprint density at radius 2 is 1.41 bits per heavy atom. The molecule has 1 aliphatic heterocycles. The molecule has 0 bridgehead atoms. The van der Waals surface area contributed by atoms with Gasteiger partial charge in [0.15, 0.2) is 0 Å². The van der Waals surface area contributed by atoms with Crippen LogP contribution in [0.1, 0.15) is 57.8 Å². The van der Waals surface area contributed by atoms with Gasteiger partial charge in [0.2, 0.25) is 0 Å². The van der Waals surface area contributed by atoms with E-state index in [1.165, 1.54) is 19.3 Å². The molecule has 0 amide bonds. The van der Waals surface area contributed by atoms with E-state index < -0.39 is 0 Å². The molecule has 1 heterocycles. The molecule has 0 saturated heterocycles. The van der Waals surface area contributed by atoms with Crippen molar-refractivity contribution >= 4 is 5.97 Å². The van der Waals surface area contributed by atoms with Crippen molar-refractivity contribution in [2.75, 3.05) is 6.61 Å². The Hall–Kier alpha value is -1.05. The van der Waals surface area contributed by atoms with Gasteiger partial charge in [0, 0.05) is 6.42 Å². The molecule has 0 atom stereocenters. The van der Waals surface area contributed by atoms with Crippen LogP contribution in [0.4, 0.5) is 0 Å². The van der Waals surface area contributed by atoms with Crippen molar-refractivity contribution in [3.05, 3.63) is 24.3 Å². The monoisotopic (exact) mass is 236 g/mol. The van der Waals surface area contributed by atoms with Crippen LogP contribution in [0.5, 0.6) is 0 Å². The first-order valence-electron chi connectivity index (χ1n) is 6.85. The van der Waals surface area contributed by atoms with Crippen LogP contribution in [0.3, 0.4) is 0 Å². The second-order valence-electron chi connectivity index (χ2n) is 4.48. The van der Waals surface area contributed by atoms with Crippen molar-refractivity contribution in [1.82, 2.24) is 0 Å². The van der Waals surface area contributed by atoms with Crippen LogP contribution in [-0.4, -0.2) is 12.6 Å². The number of rotatable bonds is 0. The Morgan fingerprint density at radius 1 is 0.765 bits per heavy atom. The number of carbonyl (C=O) groups is 1. The van der Waals surface area contributed by atoms with Gasteiger partial charge in [0.1, 0.15) is 0 Å². The minimum atomic E-state index is -0.0367. The third-order valence-corrected chi connectivity index (χ3v) is 2.88. The topological polar surface area (TPSA) is 26.3 Å². The van der Waals surface area contributed by atoms with Gasteiger partial charge in [0.25, 0.3) is 0 Å². The molecule has 17 heavy (non-hydrogen) atoms. The van der Waals surface area contributed by atoms with Crippen LogP contribution in [0.2, 0.25) is 0 Å². The SMILES string of the molecule is O=C1CCCCCC/C=C/CC/C=C\CCO1. The van der Waals surface area contributed by atoms with E-state index >= 15 is 0 Å². The molecule has 0 aromatic carbocycles. The highest BCUT2D eigenvalue weighted by molar-refractivity contribution is 5.69. The highest BCUT2D eigenvalue weighted by Gasteiger charge is 2.01. The number of carbonyl (C=O) groups excluding carboxylic acids is 1. The standard InChI is InChI=1S/C15H24O2/c16-15-13-11-9-7-5-3-1-2-4-6-8-10-12-14-17-15/h1-2,8,10H,3-7,9,11-14H2/b2-1+,10-8-. The van der Waals surface area contributed by atoms with E-state index in [-0.39, 0.29) is 5.97 Å². The molecular formula is C15H24O2. The van der Waals surface area contributed by atoms with Crippen LogP contribution < -0.4 is 0 Å². The number of allylic oxidation sites excluding steroid dienone is 3. The fourth-order valence-corrected chi connectivity index (χ4v) is 1.86. The lowest BCUT2D eigenvalue weighted by Crippen LogP contribution is -2.04. The molecule has 2 heteroatoms. The molecule has 0 aliphatic carbocycles. The first-order valence-corrected chi connectivity index (χ1v) is 6.85. The number of ether oxygens (including phenoxy) is 1. The van der Waals surface area contributed by atoms with E-state index in [0.717, 1.165) is 32.1 Å². The summed E-state index contributed by atoms with van der Waals surface area (Å²) >= 11 is 0. The van der Waals surface area contributed by atoms with Gasteiger partial charge in [-0.2, -0.15) is 0 Å². The van der Waals surface area contributed by atoms with Gasteiger partial charge in [0.05, 0.1) is 6.61 Å². The predicted octanol–water partition coefficient (Wildman–Crippen LogP) is 4.17. The summed E-state index contributed by atoms with van der Waals surface area (Å²) < 4.78 is 5.14. The molecule has 0 saturated carbocycles. The normalized spacial score (nSPS) is 24.8. The van der Waals surface area contributed by atoms with E-state index in [1.807, 2.05) is 0 Å². The van der Waals surface area contributed by atoms with Crippen molar-refractivity contribution in [3.8, 4) is 0 Å². The summed E-state index contributed by atoms with van der Waals surface area (Å²) in [4.78, 5) is 11.3. The quantitative estimate of drug-likeness (QED) is 0.466. The third kappa shape index (κ3) is 8.73. The van der Waals surface area contributed by atoms with Crippen LogP contribution in [0.25, 0.3) is 0 Å². The number of esters is 1. The summed E-state index contributed by atoms with van der Waals surface area (Å²) in [6, 6.07) is 0. The molecule has 1 rings (SSSR count). The number of hydrogen-bond donors (Lipinski definition) is 0. The average Bonchev–Trinajstić information content (AvgIpc) is 2.32. The van der Waals surface area contributed by atoms with Crippen molar-refractivity contribution in [3.63, 3.8) is 0 Å². The van der Waals surface area contributed by atoms with E-state index in [4.69, 9.17) is 4.74 Å². The van der Waals surface area contributed by atoms with Crippen LogP contribution in [-0.2, 0) is 9.53 Å². The molecule has 0 aromatic heterocycles. The number of hydrogen-bond acceptors (Lipinski definition) is 2. The summed E-state index contributed by atoms with van der Waals surface area (Å²) in [6.45, 7) is 0.533. The van der Waals surface area contributed by atoms with Crippen molar-refractivity contribution < 1.29 is 9.53 Å². The predicted molar refractivity (Wildman–Crippen MR) is 70.8 cm³/mol. The fraction of sp³-hybridized carbons (Fsp3) is 0.667. The Labute approximate surface area is 105 Å². The Kier molecular flexibility index (Phi) is 8.35. The molecule has 2 nitrogen and oxygen atoms in total. The zero-order valence-corrected chi connectivity index (χ0v) is 10.7. The van der Waals surface area contributed by atoms with E-state index in [0.29, 0.717) is 13.0 Å². The maximum absolute atomic E-state index is 11.3. The van der Waals surface area contributed by atoms with Gasteiger partial charge < -0.3 is 4.74 Å². The Balaban J connectivity index is 2.25. The zero-order valence-electron chi connectivity index (χ0n) is 10.7. The molecule has 1 aliphatic rings. The van der Waals surface area contributed by atoms with Gasteiger partial charge >= 0.3 is 5.97 Å². The lowest BCUT2D eigenvalue weighted by atomic mass is 10.1. The maximum atomic E-state index is 11.3. The molecule has 0 N–H and O–H groups in total. The molecule has 0 aromatic rings. The van der Waals surface area contributed by atoms with Crippen LogP contribution >= 0.6 is 0 Å². The molecule has 0 fully saturated rings. The lowest BCUT2D eigenvalue weighted by Gasteiger charge is -2.03. The second kappa shape index (κ2) is 10.1. The average molecular weight is 236 g/mol. The van der Waals surface area contributed by atoms with Crippen molar-refractivity contribution in [1.29, 1.82) is 0 Å². The minimum Gasteiger partial charge on any atom is -0.465 e. The number of cyclic esters (lactones) is 1. The summed E-state index contributed by atoms with van der Waals surface area (Å²) in [5, 5.41) is 0.